The van der Waals surface area contributed by atoms with Crippen molar-refractivity contribution in [2.45, 2.75) is 13.0 Å². The molecule has 8 nitrogen and oxygen atoms in total. The second-order valence-corrected chi connectivity index (χ2v) is 6.06. The predicted octanol–water partition coefficient (Wildman–Crippen LogP) is 2.33. The van der Waals surface area contributed by atoms with Gasteiger partial charge in [-0.3, -0.25) is 14.6 Å². The van der Waals surface area contributed by atoms with Crippen LogP contribution in [0.5, 0.6) is 0 Å². The van der Waals surface area contributed by atoms with E-state index in [0.29, 0.717) is 22.4 Å². The second-order valence-electron chi connectivity index (χ2n) is 6.06. The van der Waals surface area contributed by atoms with E-state index >= 15 is 0 Å². The van der Waals surface area contributed by atoms with Gasteiger partial charge in [0.2, 0.25) is 0 Å². The summed E-state index contributed by atoms with van der Waals surface area (Å²) in [6.07, 6.45) is 1.38. The minimum atomic E-state index is -0.618. The van der Waals surface area contributed by atoms with Gasteiger partial charge >= 0.3 is 6.03 Å². The molecule has 27 heavy (non-hydrogen) atoms. The van der Waals surface area contributed by atoms with Crippen LogP contribution in [0.4, 0.5) is 16.2 Å². The molecule has 4 amide bonds. The van der Waals surface area contributed by atoms with Crippen molar-refractivity contribution in [3.63, 3.8) is 0 Å². The lowest BCUT2D eigenvalue weighted by Gasteiger charge is -2.17. The number of carbonyl (C=O) groups is 3. The summed E-state index contributed by atoms with van der Waals surface area (Å²) in [5.74, 6) is -0.868. The molecule has 1 fully saturated rings. The van der Waals surface area contributed by atoms with Crippen molar-refractivity contribution in [1.29, 1.82) is 0 Å². The van der Waals surface area contributed by atoms with Crippen LogP contribution in [0.15, 0.2) is 54.7 Å². The Labute approximate surface area is 154 Å². The number of nitrogens with one attached hydrogen (secondary N) is 2. The Kier molecular flexibility index (Phi) is 4.00. The Morgan fingerprint density at radius 3 is 2.52 bits per heavy atom. The number of benzene rings is 2. The van der Waals surface area contributed by atoms with Crippen LogP contribution in [0, 0.1) is 0 Å². The van der Waals surface area contributed by atoms with Gasteiger partial charge in [0.15, 0.2) is 0 Å². The molecule has 8 heteroatoms. The first-order valence-corrected chi connectivity index (χ1v) is 8.31. The fourth-order valence-corrected chi connectivity index (χ4v) is 2.86. The van der Waals surface area contributed by atoms with Gasteiger partial charge in [-0.25, -0.2) is 14.7 Å². The Bertz CT molecular complexity index is 1080. The van der Waals surface area contributed by atoms with Gasteiger partial charge in [0.1, 0.15) is 11.7 Å². The Balaban J connectivity index is 1.65. The lowest BCUT2D eigenvalue weighted by molar-refractivity contribution is -0.117. The molecular formula is C19H15N5O3. The molecule has 2 N–H and O–H groups in total. The average Bonchev–Trinajstić information content (AvgIpc) is 2.93. The number of fused-ring (bicyclic) bond motifs is 1. The van der Waals surface area contributed by atoms with E-state index in [0.717, 1.165) is 4.90 Å². The summed E-state index contributed by atoms with van der Waals surface area (Å²) in [5, 5.41) is 5.26. The zero-order valence-electron chi connectivity index (χ0n) is 14.3. The van der Waals surface area contributed by atoms with Crippen LogP contribution in [-0.2, 0) is 4.79 Å². The van der Waals surface area contributed by atoms with Gasteiger partial charge in [-0.15, -0.1) is 0 Å². The summed E-state index contributed by atoms with van der Waals surface area (Å²) in [6, 6.07) is 12.7. The Morgan fingerprint density at radius 1 is 1.07 bits per heavy atom. The zero-order chi connectivity index (χ0) is 19.0. The molecule has 134 valence electrons. The molecule has 2 aromatic carbocycles. The molecule has 3 aromatic rings. The molecule has 1 aliphatic rings. The number of urea groups is 1. The predicted molar refractivity (Wildman–Crippen MR) is 99.4 cm³/mol. The summed E-state index contributed by atoms with van der Waals surface area (Å²) in [7, 11) is 0. The van der Waals surface area contributed by atoms with Gasteiger partial charge in [0.25, 0.3) is 11.8 Å². The molecule has 1 aliphatic heterocycles. The van der Waals surface area contributed by atoms with Crippen LogP contribution in [0.2, 0.25) is 0 Å². The molecule has 0 spiro atoms. The van der Waals surface area contributed by atoms with Crippen molar-refractivity contribution in [2.24, 2.45) is 0 Å². The van der Waals surface area contributed by atoms with Crippen molar-refractivity contribution in [1.82, 2.24) is 15.3 Å². The number of amides is 4. The first-order valence-electron chi connectivity index (χ1n) is 8.31. The van der Waals surface area contributed by atoms with E-state index in [1.54, 1.807) is 43.3 Å². The third kappa shape index (κ3) is 2.97. The third-order valence-corrected chi connectivity index (χ3v) is 4.21. The van der Waals surface area contributed by atoms with E-state index in [2.05, 4.69) is 20.6 Å². The average molecular weight is 361 g/mol. The molecule has 0 saturated carbocycles. The number of para-hydroxylation sites is 4. The van der Waals surface area contributed by atoms with Gasteiger partial charge in [0, 0.05) is 0 Å². The molecule has 1 atom stereocenters. The molecular weight excluding hydrogens is 346 g/mol. The Morgan fingerprint density at radius 2 is 1.78 bits per heavy atom. The SMILES string of the molecule is CC1NC(=O)N(c2ccccc2NC(=O)c2cnc3ccccc3n2)C1=O. The van der Waals surface area contributed by atoms with Crippen molar-refractivity contribution >= 4 is 40.3 Å². The normalized spacial score (nSPS) is 16.5. The largest absolute Gasteiger partial charge is 0.329 e. The fourth-order valence-electron chi connectivity index (χ4n) is 2.86. The van der Waals surface area contributed by atoms with Gasteiger partial charge in [-0.1, -0.05) is 24.3 Å². The van der Waals surface area contributed by atoms with E-state index in [1.165, 1.54) is 6.20 Å². The molecule has 0 bridgehead atoms. The number of rotatable bonds is 3. The van der Waals surface area contributed by atoms with Crippen LogP contribution in [0.1, 0.15) is 17.4 Å². The highest BCUT2D eigenvalue weighted by Gasteiger charge is 2.37. The van der Waals surface area contributed by atoms with Crippen LogP contribution in [0.25, 0.3) is 11.0 Å². The summed E-state index contributed by atoms with van der Waals surface area (Å²) in [5.41, 5.74) is 2.04. The quantitative estimate of drug-likeness (QED) is 0.697. The molecule has 4 rings (SSSR count). The zero-order valence-corrected chi connectivity index (χ0v) is 14.3. The van der Waals surface area contributed by atoms with E-state index < -0.39 is 18.0 Å². The van der Waals surface area contributed by atoms with E-state index in [9.17, 15) is 14.4 Å². The topological polar surface area (TPSA) is 104 Å². The molecule has 0 radical (unpaired) electrons. The number of hydrogen-bond acceptors (Lipinski definition) is 5. The maximum Gasteiger partial charge on any atom is 0.329 e. The van der Waals surface area contributed by atoms with E-state index in [1.807, 2.05) is 12.1 Å². The summed E-state index contributed by atoms with van der Waals surface area (Å²) < 4.78 is 0. The van der Waals surface area contributed by atoms with Crippen molar-refractivity contribution < 1.29 is 14.4 Å². The standard InChI is InChI=1S/C19H15N5O3/c1-11-18(26)24(19(27)21-11)16-9-5-4-8-14(16)23-17(25)15-10-20-12-6-2-3-7-13(12)22-15/h2-11H,1H3,(H,21,27)(H,23,25). The molecule has 0 aliphatic carbocycles. The molecule has 1 unspecified atom stereocenters. The number of hydrogen-bond donors (Lipinski definition) is 2. The first-order chi connectivity index (χ1) is 13.0. The van der Waals surface area contributed by atoms with Crippen molar-refractivity contribution in [2.75, 3.05) is 10.2 Å². The van der Waals surface area contributed by atoms with E-state index in [4.69, 9.17) is 0 Å². The maximum atomic E-state index is 12.6. The minimum Gasteiger partial charge on any atom is -0.326 e. The van der Waals surface area contributed by atoms with Gasteiger partial charge in [-0.2, -0.15) is 0 Å². The van der Waals surface area contributed by atoms with Gasteiger partial charge < -0.3 is 10.6 Å². The van der Waals surface area contributed by atoms with Crippen molar-refractivity contribution in [3.05, 3.63) is 60.4 Å². The number of nitrogens with zero attached hydrogens (tertiary/aromatic N) is 3. The lowest BCUT2D eigenvalue weighted by atomic mass is 10.2. The fraction of sp³-hybridized carbons (Fsp3) is 0.105. The van der Waals surface area contributed by atoms with Gasteiger partial charge in [0.05, 0.1) is 28.6 Å². The molecule has 1 aromatic heterocycles. The van der Waals surface area contributed by atoms with Crippen LogP contribution < -0.4 is 15.5 Å². The maximum absolute atomic E-state index is 12.6. The third-order valence-electron chi connectivity index (χ3n) is 4.21. The van der Waals surface area contributed by atoms with Crippen LogP contribution in [0.3, 0.4) is 0 Å². The lowest BCUT2D eigenvalue weighted by Crippen LogP contribution is -2.32. The van der Waals surface area contributed by atoms with Gasteiger partial charge in [-0.05, 0) is 31.2 Å². The van der Waals surface area contributed by atoms with Crippen LogP contribution in [-0.4, -0.2) is 33.9 Å². The highest BCUT2D eigenvalue weighted by molar-refractivity contribution is 6.23. The van der Waals surface area contributed by atoms with Crippen molar-refractivity contribution in [3.8, 4) is 0 Å². The monoisotopic (exact) mass is 361 g/mol. The summed E-state index contributed by atoms with van der Waals surface area (Å²) in [4.78, 5) is 46.6. The first kappa shape index (κ1) is 16.6. The molecule has 2 heterocycles. The highest BCUT2D eigenvalue weighted by Crippen LogP contribution is 2.28. The van der Waals surface area contributed by atoms with Crippen LogP contribution >= 0.6 is 0 Å². The smallest absolute Gasteiger partial charge is 0.326 e. The van der Waals surface area contributed by atoms with E-state index in [-0.39, 0.29) is 11.6 Å². The molecule has 1 saturated heterocycles. The number of carbonyl (C=O) groups excluding carboxylic acids is 3. The second kappa shape index (κ2) is 6.49. The number of imide groups is 1. The Hall–Kier alpha value is -3.81. The highest BCUT2D eigenvalue weighted by atomic mass is 16.2. The number of aromatic nitrogens is 2. The summed E-state index contributed by atoms with van der Waals surface area (Å²) in [6.45, 7) is 1.60. The summed E-state index contributed by atoms with van der Waals surface area (Å²) >= 11 is 0. The number of anilines is 2. The minimum absolute atomic E-state index is 0.133.